The quantitative estimate of drug-likeness (QED) is 0.135. The molecule has 0 heterocycles. The number of nitrogens with two attached hydrogens (primary N) is 1. The van der Waals surface area contributed by atoms with Crippen molar-refractivity contribution in [2.45, 2.75) is 122 Å². The summed E-state index contributed by atoms with van der Waals surface area (Å²) in [4.78, 5) is 11.7. The fourth-order valence-corrected chi connectivity index (χ4v) is 5.00. The Morgan fingerprint density at radius 3 is 1.66 bits per heavy atom. The predicted octanol–water partition coefficient (Wildman–Crippen LogP) is 8.20. The topological polar surface area (TPSA) is 55.1 Å². The number of carbonyl (C=O) groups excluding carboxylic acids is 1. The molecule has 0 bridgehead atoms. The highest BCUT2D eigenvalue weighted by Crippen LogP contribution is 2.18. The van der Waals surface area contributed by atoms with E-state index in [-0.39, 0.29) is 5.91 Å². The van der Waals surface area contributed by atoms with Crippen molar-refractivity contribution >= 4 is 25.5 Å². The summed E-state index contributed by atoms with van der Waals surface area (Å²) in [6.07, 6.45) is 25.2. The van der Waals surface area contributed by atoms with Crippen molar-refractivity contribution in [3.05, 3.63) is 24.3 Å². The van der Waals surface area contributed by atoms with E-state index in [0.717, 1.165) is 12.1 Å². The largest absolute Gasteiger partial charge is 0.330 e. The molecule has 32 heavy (non-hydrogen) atoms. The third-order valence-electron chi connectivity index (χ3n) is 6.07. The number of carbonyl (C=O) groups is 1. The average Bonchev–Trinajstić information content (AvgIpc) is 2.80. The average molecular weight is 462 g/mol. The van der Waals surface area contributed by atoms with Crippen molar-refractivity contribution in [2.75, 3.05) is 18.0 Å². The van der Waals surface area contributed by atoms with Crippen molar-refractivity contribution < 1.29 is 4.79 Å². The maximum absolute atomic E-state index is 11.7. The molecule has 1 aromatic rings. The molecule has 4 heteroatoms. The normalized spacial score (nSPS) is 11.4. The van der Waals surface area contributed by atoms with Gasteiger partial charge in [-0.2, -0.15) is 0 Å². The van der Waals surface area contributed by atoms with E-state index in [1.807, 2.05) is 12.1 Å². The fourth-order valence-electron chi connectivity index (χ4n) is 4.00. The molecule has 1 aromatic carbocycles. The summed E-state index contributed by atoms with van der Waals surface area (Å²) in [5.41, 5.74) is 6.33. The van der Waals surface area contributed by atoms with Crippen LogP contribution in [0.5, 0.6) is 0 Å². The monoisotopic (exact) mass is 461 g/mol. The summed E-state index contributed by atoms with van der Waals surface area (Å²) < 4.78 is 0. The van der Waals surface area contributed by atoms with Crippen LogP contribution in [0.2, 0.25) is 0 Å². The molecule has 0 spiro atoms. The van der Waals surface area contributed by atoms with Gasteiger partial charge in [-0.05, 0) is 51.6 Å². The van der Waals surface area contributed by atoms with Crippen LogP contribution in [0.25, 0.3) is 0 Å². The number of rotatable bonds is 22. The van der Waals surface area contributed by atoms with Crippen LogP contribution in [-0.4, -0.2) is 18.6 Å². The molecule has 0 saturated heterocycles. The third-order valence-corrected chi connectivity index (χ3v) is 7.27. The number of amides is 1. The van der Waals surface area contributed by atoms with Gasteiger partial charge in [-0.25, -0.2) is 0 Å². The minimum absolute atomic E-state index is 0.0499. The fraction of sp³-hybridized carbons (Fsp3) is 0.750. The molecular formula is C28H50N2OP. The van der Waals surface area contributed by atoms with Gasteiger partial charge in [0.05, 0.1) is 0 Å². The molecule has 183 valence electrons. The van der Waals surface area contributed by atoms with E-state index in [1.165, 1.54) is 123 Å². The van der Waals surface area contributed by atoms with Crippen LogP contribution in [0, 0.1) is 0 Å². The summed E-state index contributed by atoms with van der Waals surface area (Å²) >= 11 is 0. The van der Waals surface area contributed by atoms with E-state index < -0.39 is 0 Å². The van der Waals surface area contributed by atoms with E-state index in [0.29, 0.717) is 13.0 Å². The zero-order valence-electron chi connectivity index (χ0n) is 20.9. The van der Waals surface area contributed by atoms with Crippen LogP contribution in [0.3, 0.4) is 0 Å². The molecule has 0 fully saturated rings. The number of hydrogen-bond acceptors (Lipinski definition) is 2. The first-order chi connectivity index (χ1) is 15.8. The SMILES string of the molecule is CCCCCCCCCCCCCCCCCC[P]c1ccc(NC(=O)CCCN)cc1. The number of benzene rings is 1. The van der Waals surface area contributed by atoms with Gasteiger partial charge in [0.1, 0.15) is 0 Å². The van der Waals surface area contributed by atoms with Gasteiger partial charge in [-0.15, -0.1) is 0 Å². The number of hydrogen-bond donors (Lipinski definition) is 2. The van der Waals surface area contributed by atoms with E-state index in [4.69, 9.17) is 5.73 Å². The minimum atomic E-state index is 0.0499. The van der Waals surface area contributed by atoms with Gasteiger partial charge in [0, 0.05) is 12.1 Å². The van der Waals surface area contributed by atoms with Crippen LogP contribution >= 0.6 is 8.58 Å². The summed E-state index contributed by atoms with van der Waals surface area (Å²) in [7, 11) is 1.40. The smallest absolute Gasteiger partial charge is 0.224 e. The second-order valence-electron chi connectivity index (χ2n) is 9.17. The van der Waals surface area contributed by atoms with Gasteiger partial charge >= 0.3 is 0 Å². The van der Waals surface area contributed by atoms with Crippen LogP contribution in [0.4, 0.5) is 5.69 Å². The first kappa shape index (κ1) is 29.1. The molecule has 0 aromatic heterocycles. The van der Waals surface area contributed by atoms with Crippen LogP contribution in [0.1, 0.15) is 122 Å². The van der Waals surface area contributed by atoms with Gasteiger partial charge < -0.3 is 11.1 Å². The van der Waals surface area contributed by atoms with Crippen molar-refractivity contribution in [3.8, 4) is 0 Å². The second kappa shape index (κ2) is 21.9. The lowest BCUT2D eigenvalue weighted by Gasteiger charge is -2.06. The summed E-state index contributed by atoms with van der Waals surface area (Å²) in [6.45, 7) is 2.85. The Labute approximate surface area is 200 Å². The molecule has 0 atom stereocenters. The van der Waals surface area contributed by atoms with Crippen LogP contribution in [0.15, 0.2) is 24.3 Å². The lowest BCUT2D eigenvalue weighted by molar-refractivity contribution is -0.116. The first-order valence-electron chi connectivity index (χ1n) is 13.5. The summed E-state index contributed by atoms with van der Waals surface area (Å²) in [6, 6.07) is 8.28. The lowest BCUT2D eigenvalue weighted by atomic mass is 10.0. The minimum Gasteiger partial charge on any atom is -0.330 e. The molecular weight excluding hydrogens is 411 g/mol. The Bertz CT molecular complexity index is 547. The van der Waals surface area contributed by atoms with Gasteiger partial charge in [0.25, 0.3) is 0 Å². The highest BCUT2D eigenvalue weighted by atomic mass is 31.1. The standard InChI is InChI=1S/C28H50N2OP/c1-2-3-4-5-6-7-8-9-10-11-12-13-14-15-16-17-25-32-27-22-20-26(21-23-27)30-28(31)19-18-24-29/h20-23H,2-19,24-25,29H2,1H3,(H,30,31). The molecule has 3 N–H and O–H groups in total. The van der Waals surface area contributed by atoms with E-state index in [9.17, 15) is 4.79 Å². The Morgan fingerprint density at radius 2 is 1.19 bits per heavy atom. The molecule has 0 saturated carbocycles. The Hall–Kier alpha value is -0.920. The maximum Gasteiger partial charge on any atom is 0.224 e. The van der Waals surface area contributed by atoms with Crippen molar-refractivity contribution in [3.63, 3.8) is 0 Å². The van der Waals surface area contributed by atoms with E-state index in [2.05, 4.69) is 24.4 Å². The van der Waals surface area contributed by atoms with Gasteiger partial charge in [0.15, 0.2) is 0 Å². The molecule has 0 aliphatic heterocycles. The van der Waals surface area contributed by atoms with Gasteiger partial charge in [-0.3, -0.25) is 4.79 Å². The molecule has 1 amide bonds. The van der Waals surface area contributed by atoms with Crippen molar-refractivity contribution in [1.82, 2.24) is 0 Å². The van der Waals surface area contributed by atoms with E-state index in [1.54, 1.807) is 0 Å². The second-order valence-corrected chi connectivity index (χ2v) is 10.5. The summed E-state index contributed by atoms with van der Waals surface area (Å²) in [5, 5.41) is 4.27. The van der Waals surface area contributed by atoms with Gasteiger partial charge in [-0.1, -0.05) is 115 Å². The van der Waals surface area contributed by atoms with Crippen LogP contribution in [-0.2, 0) is 4.79 Å². The third kappa shape index (κ3) is 17.6. The molecule has 1 rings (SSSR count). The zero-order valence-corrected chi connectivity index (χ0v) is 21.8. The highest BCUT2D eigenvalue weighted by Gasteiger charge is 2.02. The summed E-state index contributed by atoms with van der Waals surface area (Å²) in [5.74, 6) is 0.0499. The molecule has 0 aliphatic rings. The lowest BCUT2D eigenvalue weighted by Crippen LogP contribution is -2.13. The highest BCUT2D eigenvalue weighted by molar-refractivity contribution is 7.47. The predicted molar refractivity (Wildman–Crippen MR) is 144 cm³/mol. The number of nitrogens with one attached hydrogen (secondary N) is 1. The van der Waals surface area contributed by atoms with E-state index >= 15 is 0 Å². The van der Waals surface area contributed by atoms with Crippen LogP contribution < -0.4 is 16.4 Å². The van der Waals surface area contributed by atoms with Crippen molar-refractivity contribution in [1.29, 1.82) is 0 Å². The molecule has 0 unspecified atom stereocenters. The maximum atomic E-state index is 11.7. The Morgan fingerprint density at radius 1 is 0.719 bits per heavy atom. The first-order valence-corrected chi connectivity index (χ1v) is 14.6. The Balaban J connectivity index is 1.86. The zero-order chi connectivity index (χ0) is 23.1. The molecule has 3 nitrogen and oxygen atoms in total. The molecule has 0 aliphatic carbocycles. The Kier molecular flexibility index (Phi) is 19.9. The number of unbranched alkanes of at least 4 members (excludes halogenated alkanes) is 15. The number of anilines is 1. The van der Waals surface area contributed by atoms with Crippen molar-refractivity contribution in [2.24, 2.45) is 5.73 Å². The molecule has 1 radical (unpaired) electrons. The van der Waals surface area contributed by atoms with Gasteiger partial charge in [0.2, 0.25) is 5.91 Å².